The summed E-state index contributed by atoms with van der Waals surface area (Å²) < 4.78 is 10.9. The Kier molecular flexibility index (Phi) is 7.10. The van der Waals surface area contributed by atoms with Crippen molar-refractivity contribution in [2.45, 2.75) is 38.4 Å². The normalized spacial score (nSPS) is 23.1. The predicted molar refractivity (Wildman–Crippen MR) is 58.6 cm³/mol. The van der Waals surface area contributed by atoms with E-state index < -0.39 is 0 Å². The fraction of sp³-hybridized carbons (Fsp3) is 0.818. The van der Waals surface area contributed by atoms with Crippen molar-refractivity contribution in [2.75, 3.05) is 19.1 Å². The smallest absolute Gasteiger partial charge is 0.157 e. The second-order valence-corrected chi connectivity index (χ2v) is 3.81. The zero-order valence-corrected chi connectivity index (χ0v) is 9.34. The number of ether oxygens (including phenoxy) is 2. The van der Waals surface area contributed by atoms with Crippen molar-refractivity contribution in [1.82, 2.24) is 0 Å². The van der Waals surface area contributed by atoms with Crippen molar-refractivity contribution in [3.05, 3.63) is 12.2 Å². The zero-order chi connectivity index (χ0) is 10.1. The van der Waals surface area contributed by atoms with Gasteiger partial charge in [-0.3, -0.25) is 0 Å². The molecule has 0 N–H and O–H groups in total. The molecule has 1 atom stereocenters. The predicted octanol–water partition coefficient (Wildman–Crippen LogP) is 3.10. The minimum atomic E-state index is 0.0291. The molecule has 0 bridgehead atoms. The van der Waals surface area contributed by atoms with Crippen LogP contribution in [0.3, 0.4) is 0 Å². The molecular formula is C11H19ClO2. The maximum Gasteiger partial charge on any atom is 0.157 e. The first-order chi connectivity index (χ1) is 6.93. The minimum absolute atomic E-state index is 0.0291. The van der Waals surface area contributed by atoms with Crippen molar-refractivity contribution >= 4 is 11.6 Å². The van der Waals surface area contributed by atoms with Gasteiger partial charge >= 0.3 is 0 Å². The number of unbranched alkanes of at least 4 members (excludes halogenated alkanes) is 1. The SMILES string of the molecule is ClCCC/C=C\COC1CCCCO1. The van der Waals surface area contributed by atoms with Gasteiger partial charge in [-0.1, -0.05) is 12.2 Å². The molecule has 0 aromatic rings. The summed E-state index contributed by atoms with van der Waals surface area (Å²) in [5, 5.41) is 0. The molecule has 1 aliphatic heterocycles. The van der Waals surface area contributed by atoms with Gasteiger partial charge in [0.05, 0.1) is 6.61 Å². The van der Waals surface area contributed by atoms with Crippen LogP contribution in [0, 0.1) is 0 Å². The molecule has 1 fully saturated rings. The second-order valence-electron chi connectivity index (χ2n) is 3.43. The highest BCUT2D eigenvalue weighted by Gasteiger charge is 2.12. The van der Waals surface area contributed by atoms with E-state index in [2.05, 4.69) is 6.08 Å². The maximum atomic E-state index is 5.55. The van der Waals surface area contributed by atoms with Crippen LogP contribution in [0.4, 0.5) is 0 Å². The Morgan fingerprint density at radius 2 is 2.29 bits per heavy atom. The summed E-state index contributed by atoms with van der Waals surface area (Å²) in [6, 6.07) is 0. The minimum Gasteiger partial charge on any atom is -0.353 e. The van der Waals surface area contributed by atoms with Crippen molar-refractivity contribution < 1.29 is 9.47 Å². The molecule has 0 aromatic heterocycles. The van der Waals surface area contributed by atoms with Crippen molar-refractivity contribution in [1.29, 1.82) is 0 Å². The van der Waals surface area contributed by atoms with Crippen molar-refractivity contribution in [2.24, 2.45) is 0 Å². The van der Waals surface area contributed by atoms with Gasteiger partial charge in [0.1, 0.15) is 0 Å². The van der Waals surface area contributed by atoms with Gasteiger partial charge in [0.25, 0.3) is 0 Å². The van der Waals surface area contributed by atoms with Crippen LogP contribution in [0.2, 0.25) is 0 Å². The molecule has 0 saturated carbocycles. The van der Waals surface area contributed by atoms with Crippen LogP contribution < -0.4 is 0 Å². The Hall–Kier alpha value is -0.0500. The average Bonchev–Trinajstić information content (AvgIpc) is 2.25. The highest BCUT2D eigenvalue weighted by molar-refractivity contribution is 6.17. The average molecular weight is 219 g/mol. The third kappa shape index (κ3) is 5.63. The topological polar surface area (TPSA) is 18.5 Å². The molecule has 0 aliphatic carbocycles. The Bertz CT molecular complexity index is 153. The lowest BCUT2D eigenvalue weighted by molar-refractivity contribution is -0.155. The summed E-state index contributed by atoms with van der Waals surface area (Å²) in [7, 11) is 0. The number of hydrogen-bond donors (Lipinski definition) is 0. The zero-order valence-electron chi connectivity index (χ0n) is 8.58. The fourth-order valence-corrected chi connectivity index (χ4v) is 1.54. The molecule has 1 heterocycles. The van der Waals surface area contributed by atoms with Crippen LogP contribution in [0.5, 0.6) is 0 Å². The maximum absolute atomic E-state index is 5.55. The van der Waals surface area contributed by atoms with Gasteiger partial charge in [0, 0.05) is 12.5 Å². The molecule has 1 rings (SSSR count). The lowest BCUT2D eigenvalue weighted by Crippen LogP contribution is -2.22. The van der Waals surface area contributed by atoms with E-state index in [0.717, 1.165) is 31.7 Å². The largest absolute Gasteiger partial charge is 0.353 e. The Balaban J connectivity index is 1.94. The fourth-order valence-electron chi connectivity index (χ4n) is 1.39. The van der Waals surface area contributed by atoms with E-state index in [1.54, 1.807) is 0 Å². The van der Waals surface area contributed by atoms with Crippen LogP contribution >= 0.6 is 11.6 Å². The van der Waals surface area contributed by atoms with Crippen molar-refractivity contribution in [3.63, 3.8) is 0 Å². The summed E-state index contributed by atoms with van der Waals surface area (Å²) in [5.41, 5.74) is 0. The van der Waals surface area contributed by atoms with Gasteiger partial charge in [0.2, 0.25) is 0 Å². The lowest BCUT2D eigenvalue weighted by Gasteiger charge is -2.21. The molecule has 14 heavy (non-hydrogen) atoms. The monoisotopic (exact) mass is 218 g/mol. The van der Waals surface area contributed by atoms with E-state index in [1.165, 1.54) is 12.8 Å². The van der Waals surface area contributed by atoms with E-state index in [9.17, 15) is 0 Å². The van der Waals surface area contributed by atoms with E-state index >= 15 is 0 Å². The van der Waals surface area contributed by atoms with Gasteiger partial charge in [0.15, 0.2) is 6.29 Å². The first-order valence-corrected chi connectivity index (χ1v) is 5.91. The van der Waals surface area contributed by atoms with E-state index in [4.69, 9.17) is 21.1 Å². The Morgan fingerprint density at radius 3 is 3.00 bits per heavy atom. The number of rotatable bonds is 6. The number of allylic oxidation sites excluding steroid dienone is 1. The van der Waals surface area contributed by atoms with Gasteiger partial charge in [-0.2, -0.15) is 0 Å². The molecule has 1 unspecified atom stereocenters. The summed E-state index contributed by atoms with van der Waals surface area (Å²) in [6.07, 6.45) is 9.70. The molecule has 1 aliphatic rings. The van der Waals surface area contributed by atoms with Crippen LogP contribution in [0.25, 0.3) is 0 Å². The number of halogens is 1. The number of hydrogen-bond acceptors (Lipinski definition) is 2. The van der Waals surface area contributed by atoms with E-state index in [1.807, 2.05) is 6.08 Å². The van der Waals surface area contributed by atoms with Gasteiger partial charge in [-0.15, -0.1) is 11.6 Å². The lowest BCUT2D eigenvalue weighted by atomic mass is 10.2. The Morgan fingerprint density at radius 1 is 1.36 bits per heavy atom. The van der Waals surface area contributed by atoms with Gasteiger partial charge < -0.3 is 9.47 Å². The highest BCUT2D eigenvalue weighted by Crippen LogP contribution is 2.13. The molecular weight excluding hydrogens is 200 g/mol. The van der Waals surface area contributed by atoms with Gasteiger partial charge in [-0.25, -0.2) is 0 Å². The van der Waals surface area contributed by atoms with E-state index in [0.29, 0.717) is 6.61 Å². The van der Waals surface area contributed by atoms with Crippen LogP contribution in [-0.2, 0) is 9.47 Å². The first kappa shape index (κ1) is 12.0. The molecule has 1 saturated heterocycles. The molecule has 0 spiro atoms. The van der Waals surface area contributed by atoms with Gasteiger partial charge in [-0.05, 0) is 32.1 Å². The summed E-state index contributed by atoms with van der Waals surface area (Å²) in [5.74, 6) is 0.733. The standard InChI is InChI=1S/C11H19ClO2/c12-8-4-1-2-5-9-13-11-7-3-6-10-14-11/h2,5,11H,1,3-4,6-10H2/b5-2-. The molecule has 82 valence electrons. The molecule has 0 amide bonds. The van der Waals surface area contributed by atoms with Crippen molar-refractivity contribution in [3.8, 4) is 0 Å². The third-order valence-corrected chi connectivity index (χ3v) is 2.45. The van der Waals surface area contributed by atoms with Crippen LogP contribution in [-0.4, -0.2) is 25.4 Å². The third-order valence-electron chi connectivity index (χ3n) is 2.19. The van der Waals surface area contributed by atoms with E-state index in [-0.39, 0.29) is 6.29 Å². The Labute approximate surface area is 91.2 Å². The highest BCUT2D eigenvalue weighted by atomic mass is 35.5. The summed E-state index contributed by atoms with van der Waals surface area (Å²) >= 11 is 5.55. The summed E-state index contributed by atoms with van der Waals surface area (Å²) in [6.45, 7) is 1.51. The molecule has 0 radical (unpaired) electrons. The summed E-state index contributed by atoms with van der Waals surface area (Å²) in [4.78, 5) is 0. The molecule has 2 nitrogen and oxygen atoms in total. The first-order valence-electron chi connectivity index (χ1n) is 5.37. The second kappa shape index (κ2) is 8.27. The quantitative estimate of drug-likeness (QED) is 0.388. The number of alkyl halides is 1. The molecule has 0 aromatic carbocycles. The molecule has 3 heteroatoms. The van der Waals surface area contributed by atoms with Crippen LogP contribution in [0.15, 0.2) is 12.2 Å². The van der Waals surface area contributed by atoms with Crippen LogP contribution in [0.1, 0.15) is 32.1 Å².